The summed E-state index contributed by atoms with van der Waals surface area (Å²) in [5.74, 6) is 4.82. The van der Waals surface area contributed by atoms with Crippen LogP contribution in [0.3, 0.4) is 0 Å². The number of nitrogens with zero attached hydrogens (tertiary/aromatic N) is 1. The first kappa shape index (κ1) is 22.1. The summed E-state index contributed by atoms with van der Waals surface area (Å²) in [6.07, 6.45) is 1.46. The quantitative estimate of drug-likeness (QED) is 0.239. The van der Waals surface area contributed by atoms with Gasteiger partial charge >= 0.3 is 5.97 Å². The second-order valence-electron chi connectivity index (χ2n) is 6.74. The number of pyridine rings is 1. The van der Waals surface area contributed by atoms with Gasteiger partial charge in [0.05, 0.1) is 17.7 Å². The van der Waals surface area contributed by atoms with Crippen LogP contribution in [0.1, 0.15) is 34.1 Å². The van der Waals surface area contributed by atoms with E-state index in [4.69, 9.17) is 4.74 Å². The Kier molecular flexibility index (Phi) is 6.33. The Morgan fingerprint density at radius 1 is 1.40 bits per heavy atom. The molecule has 2 N–H and O–H groups in total. The average molecular weight is 522 g/mol. The molecule has 3 rings (SSSR count). The summed E-state index contributed by atoms with van der Waals surface area (Å²) >= 11 is 1.48. The molecular weight excluding hydrogens is 502 g/mol. The standard InChI is InChI=1S/C22H20FIN2O4/c1-4-30-20(28)16-13(2)25-18-17(16)14(12-26(3)19(18)27)10-11-22(29,21(23)24)15-8-6-5-7-9-15/h5-9,12,21,25,29H,4H2,1-3H3. The zero-order valence-corrected chi connectivity index (χ0v) is 18.8. The maximum atomic E-state index is 14.4. The van der Waals surface area contributed by atoms with E-state index in [1.54, 1.807) is 51.2 Å². The third-order valence-corrected chi connectivity index (χ3v) is 5.61. The fourth-order valence-corrected chi connectivity index (χ4v) is 3.72. The third-order valence-electron chi connectivity index (χ3n) is 4.71. The number of H-pyrrole nitrogens is 1. The Bertz CT molecular complexity index is 1220. The molecule has 2 aromatic heterocycles. The molecule has 0 aliphatic heterocycles. The van der Waals surface area contributed by atoms with Crippen molar-refractivity contribution in [2.45, 2.75) is 23.6 Å². The number of aryl methyl sites for hydroxylation is 2. The number of aromatic nitrogens is 2. The van der Waals surface area contributed by atoms with Crippen molar-refractivity contribution in [1.29, 1.82) is 0 Å². The molecule has 0 fully saturated rings. The van der Waals surface area contributed by atoms with Crippen molar-refractivity contribution in [3.05, 3.63) is 69.3 Å². The molecule has 0 radical (unpaired) electrons. The van der Waals surface area contributed by atoms with E-state index in [0.29, 0.717) is 22.2 Å². The molecule has 2 heterocycles. The largest absolute Gasteiger partial charge is 0.462 e. The first-order chi connectivity index (χ1) is 14.2. The summed E-state index contributed by atoms with van der Waals surface area (Å²) < 4.78 is 19.1. The second kappa shape index (κ2) is 8.62. The number of rotatable bonds is 4. The average Bonchev–Trinajstić information content (AvgIpc) is 3.07. The minimum absolute atomic E-state index is 0.170. The van der Waals surface area contributed by atoms with Gasteiger partial charge in [-0.1, -0.05) is 42.2 Å². The topological polar surface area (TPSA) is 84.3 Å². The Balaban J connectivity index is 2.29. The van der Waals surface area contributed by atoms with Crippen LogP contribution in [0.4, 0.5) is 4.39 Å². The highest BCUT2D eigenvalue weighted by Gasteiger charge is 2.36. The van der Waals surface area contributed by atoms with Crippen LogP contribution in [-0.2, 0) is 17.4 Å². The number of ether oxygens (including phenoxy) is 1. The van der Waals surface area contributed by atoms with E-state index in [-0.39, 0.29) is 23.2 Å². The number of hydrogen-bond donors (Lipinski definition) is 2. The number of fused-ring (bicyclic) bond motifs is 1. The number of carbonyl (C=O) groups is 1. The van der Waals surface area contributed by atoms with E-state index < -0.39 is 15.7 Å². The van der Waals surface area contributed by atoms with E-state index in [2.05, 4.69) is 16.8 Å². The van der Waals surface area contributed by atoms with Gasteiger partial charge in [0.15, 0.2) is 9.78 Å². The van der Waals surface area contributed by atoms with Crippen LogP contribution in [0.2, 0.25) is 0 Å². The molecule has 0 bridgehead atoms. The smallest absolute Gasteiger partial charge is 0.340 e. The number of benzene rings is 1. The van der Waals surface area contributed by atoms with Crippen molar-refractivity contribution in [3.63, 3.8) is 0 Å². The highest BCUT2D eigenvalue weighted by molar-refractivity contribution is 14.1. The molecule has 0 amide bonds. The zero-order chi connectivity index (χ0) is 22.1. The number of carbonyl (C=O) groups excluding carboxylic acids is 1. The number of nitrogens with one attached hydrogen (secondary N) is 1. The summed E-state index contributed by atoms with van der Waals surface area (Å²) in [6, 6.07) is 8.28. The number of aliphatic hydroxyl groups is 1. The van der Waals surface area contributed by atoms with E-state index in [0.717, 1.165) is 0 Å². The molecule has 0 spiro atoms. The van der Waals surface area contributed by atoms with Crippen LogP contribution in [-0.4, -0.2) is 31.4 Å². The Morgan fingerprint density at radius 2 is 2.07 bits per heavy atom. The molecule has 0 aliphatic rings. The molecule has 2 unspecified atom stereocenters. The maximum absolute atomic E-state index is 14.4. The predicted molar refractivity (Wildman–Crippen MR) is 120 cm³/mol. The van der Waals surface area contributed by atoms with Crippen LogP contribution < -0.4 is 5.56 Å². The van der Waals surface area contributed by atoms with Gasteiger partial charge in [-0.25, -0.2) is 9.18 Å². The van der Waals surface area contributed by atoms with Crippen LogP contribution in [0.25, 0.3) is 10.9 Å². The highest BCUT2D eigenvalue weighted by Crippen LogP contribution is 2.31. The van der Waals surface area contributed by atoms with Gasteiger partial charge in [-0.05, 0) is 42.0 Å². The fraction of sp³-hybridized carbons (Fsp3) is 0.273. The van der Waals surface area contributed by atoms with Crippen LogP contribution in [0.15, 0.2) is 41.3 Å². The van der Waals surface area contributed by atoms with Gasteiger partial charge in [-0.3, -0.25) is 4.79 Å². The summed E-state index contributed by atoms with van der Waals surface area (Å²) in [4.78, 5) is 28.0. The van der Waals surface area contributed by atoms with Gasteiger partial charge in [0.1, 0.15) is 5.52 Å². The molecule has 156 valence electrons. The molecule has 0 saturated heterocycles. The summed E-state index contributed by atoms with van der Waals surface area (Å²) in [5.41, 5.74) is -0.960. The maximum Gasteiger partial charge on any atom is 0.340 e. The molecule has 1 aromatic carbocycles. The number of halogens is 2. The van der Waals surface area contributed by atoms with E-state index in [9.17, 15) is 19.1 Å². The van der Waals surface area contributed by atoms with Gasteiger partial charge in [-0.2, -0.15) is 0 Å². The monoisotopic (exact) mass is 522 g/mol. The van der Waals surface area contributed by atoms with Crippen molar-refractivity contribution in [2.24, 2.45) is 7.05 Å². The Labute approximate surface area is 186 Å². The first-order valence-corrected chi connectivity index (χ1v) is 10.4. The lowest BCUT2D eigenvalue weighted by Gasteiger charge is -2.23. The minimum atomic E-state index is -2.07. The van der Waals surface area contributed by atoms with Crippen LogP contribution in [0.5, 0.6) is 0 Å². The van der Waals surface area contributed by atoms with Gasteiger partial charge in [0, 0.05) is 24.3 Å². The Morgan fingerprint density at radius 3 is 2.67 bits per heavy atom. The van der Waals surface area contributed by atoms with Crippen molar-refractivity contribution < 1.29 is 19.0 Å². The molecule has 2 atom stereocenters. The van der Waals surface area contributed by atoms with Gasteiger partial charge in [0.25, 0.3) is 5.56 Å². The summed E-state index contributed by atoms with van der Waals surface area (Å²) in [6.45, 7) is 3.51. The zero-order valence-electron chi connectivity index (χ0n) is 16.6. The number of alkyl halides is 2. The highest BCUT2D eigenvalue weighted by atomic mass is 127. The van der Waals surface area contributed by atoms with Crippen molar-refractivity contribution >= 4 is 39.5 Å². The molecule has 0 aliphatic carbocycles. The lowest BCUT2D eigenvalue weighted by atomic mass is 9.95. The van der Waals surface area contributed by atoms with Crippen molar-refractivity contribution in [1.82, 2.24) is 9.55 Å². The molecule has 8 heteroatoms. The second-order valence-corrected chi connectivity index (χ2v) is 7.83. The predicted octanol–water partition coefficient (Wildman–Crippen LogP) is 3.32. The Hall–Kier alpha value is -2.64. The van der Waals surface area contributed by atoms with E-state index in [1.807, 2.05) is 0 Å². The van der Waals surface area contributed by atoms with Crippen molar-refractivity contribution in [2.75, 3.05) is 6.61 Å². The van der Waals surface area contributed by atoms with Crippen LogP contribution in [0, 0.1) is 18.8 Å². The normalized spacial score (nSPS) is 13.9. The molecule has 3 aromatic rings. The summed E-state index contributed by atoms with van der Waals surface area (Å²) in [5, 5.41) is 11.3. The fourth-order valence-electron chi connectivity index (χ4n) is 3.21. The van der Waals surface area contributed by atoms with E-state index >= 15 is 0 Å². The lowest BCUT2D eigenvalue weighted by Crippen LogP contribution is -2.31. The van der Waals surface area contributed by atoms with Crippen molar-refractivity contribution in [3.8, 4) is 11.8 Å². The SMILES string of the molecule is CCOC(=O)c1c(C)[nH]c2c(=O)n(C)cc(C#CC(O)(c3ccccc3)C(F)I)c12. The molecule has 30 heavy (non-hydrogen) atoms. The first-order valence-electron chi connectivity index (χ1n) is 9.19. The third kappa shape index (κ3) is 3.87. The number of aromatic amines is 1. The molecule has 0 saturated carbocycles. The van der Waals surface area contributed by atoms with E-state index in [1.165, 1.54) is 33.4 Å². The number of hydrogen-bond acceptors (Lipinski definition) is 4. The minimum Gasteiger partial charge on any atom is -0.462 e. The summed E-state index contributed by atoms with van der Waals surface area (Å²) in [7, 11) is 1.55. The van der Waals surface area contributed by atoms with Gasteiger partial charge in [-0.15, -0.1) is 0 Å². The molecular formula is C22H20FIN2O4. The molecule has 6 nitrogen and oxygen atoms in total. The number of esters is 1. The lowest BCUT2D eigenvalue weighted by molar-refractivity contribution is 0.0527. The van der Waals surface area contributed by atoms with Gasteiger partial charge < -0.3 is 19.4 Å². The van der Waals surface area contributed by atoms with Gasteiger partial charge in [0.2, 0.25) is 0 Å². The van der Waals surface area contributed by atoms with Crippen LogP contribution >= 0.6 is 22.6 Å².